The first-order valence-electron chi connectivity index (χ1n) is 7.06. The normalized spacial score (nSPS) is 14.2. The zero-order valence-corrected chi connectivity index (χ0v) is 12.8. The van der Waals surface area contributed by atoms with Gasteiger partial charge in [-0.25, -0.2) is 0 Å². The van der Waals surface area contributed by atoms with Gasteiger partial charge in [-0.05, 0) is 18.4 Å². The van der Waals surface area contributed by atoms with E-state index in [1.54, 1.807) is 0 Å². The van der Waals surface area contributed by atoms with Crippen molar-refractivity contribution in [2.45, 2.75) is 44.9 Å². The van der Waals surface area contributed by atoms with Gasteiger partial charge in [0.25, 0.3) is 0 Å². The maximum absolute atomic E-state index is 12.1. The number of nitrogens with one attached hydrogen (secondary N) is 1. The molecule has 0 saturated heterocycles. The molecule has 1 amide bonds. The summed E-state index contributed by atoms with van der Waals surface area (Å²) >= 11 is 6.33. The van der Waals surface area contributed by atoms with Crippen LogP contribution in [0.15, 0.2) is 30.3 Å². The van der Waals surface area contributed by atoms with Gasteiger partial charge >= 0.3 is 0 Å². The molecule has 3 heteroatoms. The maximum atomic E-state index is 12.1. The molecule has 0 aliphatic carbocycles. The van der Waals surface area contributed by atoms with Crippen molar-refractivity contribution >= 4 is 17.5 Å². The number of amides is 1. The fourth-order valence-electron chi connectivity index (χ4n) is 2.21. The Kier molecular flexibility index (Phi) is 6.93. The average molecular weight is 282 g/mol. The van der Waals surface area contributed by atoms with Crippen LogP contribution in [0.2, 0.25) is 0 Å². The lowest BCUT2D eigenvalue weighted by Crippen LogP contribution is -2.35. The van der Waals surface area contributed by atoms with Crippen molar-refractivity contribution in [1.82, 2.24) is 5.32 Å². The largest absolute Gasteiger partial charge is 0.354 e. The van der Waals surface area contributed by atoms with Crippen molar-refractivity contribution in [2.75, 3.05) is 6.54 Å². The Bertz CT molecular complexity index is 376. The highest BCUT2D eigenvalue weighted by molar-refractivity contribution is 6.21. The van der Waals surface area contributed by atoms with Crippen LogP contribution in [0.1, 0.15) is 45.1 Å². The predicted octanol–water partition coefficient (Wildman–Crippen LogP) is 3.95. The van der Waals surface area contributed by atoms with Crippen molar-refractivity contribution in [3.05, 3.63) is 35.9 Å². The number of benzene rings is 1. The standard InChI is InChI=1S/C16H24ClNO/c1-4-13(5-2)15(17)11-18-16(19)12(3)14-9-7-6-8-10-14/h6-10,12-13,15H,4-5,11H2,1-3H3,(H,18,19). The molecule has 2 atom stereocenters. The third-order valence-corrected chi connectivity index (χ3v) is 4.24. The Labute approximate surface area is 121 Å². The van der Waals surface area contributed by atoms with Crippen LogP contribution in [0.5, 0.6) is 0 Å². The molecule has 1 N–H and O–H groups in total. The summed E-state index contributed by atoms with van der Waals surface area (Å²) in [6, 6.07) is 9.81. The van der Waals surface area contributed by atoms with Gasteiger partial charge in [0.2, 0.25) is 5.91 Å². The smallest absolute Gasteiger partial charge is 0.227 e. The third-order valence-electron chi connectivity index (χ3n) is 3.72. The van der Waals surface area contributed by atoms with Crippen molar-refractivity contribution in [3.8, 4) is 0 Å². The van der Waals surface area contributed by atoms with E-state index in [0.717, 1.165) is 18.4 Å². The summed E-state index contributed by atoms with van der Waals surface area (Å²) in [6.45, 7) is 6.74. The van der Waals surface area contributed by atoms with Crippen LogP contribution in [-0.2, 0) is 4.79 Å². The Balaban J connectivity index is 2.47. The zero-order chi connectivity index (χ0) is 14.3. The molecular weight excluding hydrogens is 258 g/mol. The number of hydrogen-bond acceptors (Lipinski definition) is 1. The molecule has 2 unspecified atom stereocenters. The lowest BCUT2D eigenvalue weighted by molar-refractivity contribution is -0.122. The van der Waals surface area contributed by atoms with Crippen LogP contribution >= 0.6 is 11.6 Å². The number of carbonyl (C=O) groups is 1. The van der Waals surface area contributed by atoms with Crippen molar-refractivity contribution in [3.63, 3.8) is 0 Å². The molecule has 19 heavy (non-hydrogen) atoms. The summed E-state index contributed by atoms with van der Waals surface area (Å²) in [7, 11) is 0. The molecule has 0 radical (unpaired) electrons. The van der Waals surface area contributed by atoms with E-state index in [4.69, 9.17) is 11.6 Å². The second-order valence-corrected chi connectivity index (χ2v) is 5.53. The van der Waals surface area contributed by atoms with Gasteiger partial charge < -0.3 is 5.32 Å². The maximum Gasteiger partial charge on any atom is 0.227 e. The van der Waals surface area contributed by atoms with E-state index in [-0.39, 0.29) is 17.2 Å². The number of carbonyl (C=O) groups excluding carboxylic acids is 1. The van der Waals surface area contributed by atoms with E-state index in [0.29, 0.717) is 12.5 Å². The molecule has 1 aromatic rings. The number of rotatable bonds is 7. The summed E-state index contributed by atoms with van der Waals surface area (Å²) in [4.78, 5) is 12.1. The van der Waals surface area contributed by atoms with Gasteiger partial charge in [-0.1, -0.05) is 57.0 Å². The van der Waals surface area contributed by atoms with Gasteiger partial charge in [0.05, 0.1) is 11.3 Å². The first-order valence-corrected chi connectivity index (χ1v) is 7.50. The Morgan fingerprint density at radius 3 is 2.32 bits per heavy atom. The molecule has 0 spiro atoms. The van der Waals surface area contributed by atoms with Gasteiger partial charge in [-0.2, -0.15) is 0 Å². The first kappa shape index (κ1) is 16.0. The van der Waals surface area contributed by atoms with Gasteiger partial charge in [0.15, 0.2) is 0 Å². The fourth-order valence-corrected chi connectivity index (χ4v) is 2.64. The van der Waals surface area contributed by atoms with Gasteiger partial charge in [0.1, 0.15) is 0 Å². The summed E-state index contributed by atoms with van der Waals surface area (Å²) in [5.41, 5.74) is 1.04. The predicted molar refractivity (Wildman–Crippen MR) is 81.6 cm³/mol. The molecule has 106 valence electrons. The van der Waals surface area contributed by atoms with Gasteiger partial charge in [0, 0.05) is 6.54 Å². The Morgan fingerprint density at radius 1 is 1.21 bits per heavy atom. The van der Waals surface area contributed by atoms with E-state index < -0.39 is 0 Å². The molecule has 0 aromatic heterocycles. The molecule has 1 aromatic carbocycles. The van der Waals surface area contributed by atoms with E-state index in [1.807, 2.05) is 37.3 Å². The molecule has 0 aliphatic heterocycles. The monoisotopic (exact) mass is 281 g/mol. The van der Waals surface area contributed by atoms with Crippen LogP contribution in [0.3, 0.4) is 0 Å². The first-order chi connectivity index (χ1) is 9.10. The van der Waals surface area contributed by atoms with Crippen LogP contribution < -0.4 is 5.32 Å². The van der Waals surface area contributed by atoms with Crippen LogP contribution in [0.4, 0.5) is 0 Å². The quantitative estimate of drug-likeness (QED) is 0.754. The van der Waals surface area contributed by atoms with Crippen LogP contribution in [-0.4, -0.2) is 17.8 Å². The second-order valence-electron chi connectivity index (χ2n) is 4.97. The lowest BCUT2D eigenvalue weighted by atomic mass is 9.98. The average Bonchev–Trinajstić information content (AvgIpc) is 2.46. The topological polar surface area (TPSA) is 29.1 Å². The minimum atomic E-state index is -0.133. The van der Waals surface area contributed by atoms with Crippen LogP contribution in [0.25, 0.3) is 0 Å². The van der Waals surface area contributed by atoms with E-state index in [2.05, 4.69) is 19.2 Å². The third kappa shape index (κ3) is 4.87. The van der Waals surface area contributed by atoms with Crippen molar-refractivity contribution in [2.24, 2.45) is 5.92 Å². The Hall–Kier alpha value is -1.02. The minimum Gasteiger partial charge on any atom is -0.354 e. The highest BCUT2D eigenvalue weighted by Gasteiger charge is 2.19. The van der Waals surface area contributed by atoms with Crippen molar-refractivity contribution < 1.29 is 4.79 Å². The van der Waals surface area contributed by atoms with Gasteiger partial charge in [-0.15, -0.1) is 11.6 Å². The molecule has 0 saturated carbocycles. The number of hydrogen-bond donors (Lipinski definition) is 1. The van der Waals surface area contributed by atoms with E-state index in [1.165, 1.54) is 0 Å². The lowest BCUT2D eigenvalue weighted by Gasteiger charge is -2.20. The SMILES string of the molecule is CCC(CC)C(Cl)CNC(=O)C(C)c1ccccc1. The molecular formula is C16H24ClNO. The minimum absolute atomic E-state index is 0.0157. The van der Waals surface area contributed by atoms with E-state index >= 15 is 0 Å². The summed E-state index contributed by atoms with van der Waals surface area (Å²) < 4.78 is 0. The van der Waals surface area contributed by atoms with Crippen molar-refractivity contribution in [1.29, 1.82) is 0 Å². The van der Waals surface area contributed by atoms with Crippen LogP contribution in [0, 0.1) is 5.92 Å². The second kappa shape index (κ2) is 8.21. The molecule has 0 fully saturated rings. The van der Waals surface area contributed by atoms with Gasteiger partial charge in [-0.3, -0.25) is 4.79 Å². The highest BCUT2D eigenvalue weighted by Crippen LogP contribution is 2.19. The number of halogens is 1. The summed E-state index contributed by atoms with van der Waals surface area (Å²) in [5.74, 6) is 0.378. The Morgan fingerprint density at radius 2 is 1.79 bits per heavy atom. The summed E-state index contributed by atoms with van der Waals surface area (Å²) in [6.07, 6.45) is 2.10. The molecule has 0 aliphatic rings. The molecule has 2 nitrogen and oxygen atoms in total. The highest BCUT2D eigenvalue weighted by atomic mass is 35.5. The molecule has 0 heterocycles. The molecule has 0 bridgehead atoms. The zero-order valence-electron chi connectivity index (χ0n) is 12.0. The number of alkyl halides is 1. The molecule has 1 rings (SSSR count). The summed E-state index contributed by atoms with van der Waals surface area (Å²) in [5, 5.41) is 2.97. The van der Waals surface area contributed by atoms with E-state index in [9.17, 15) is 4.79 Å². The fraction of sp³-hybridized carbons (Fsp3) is 0.562.